The van der Waals surface area contributed by atoms with Gasteiger partial charge in [0.05, 0.1) is 22.0 Å². The Hall–Kier alpha value is -3.17. The van der Waals surface area contributed by atoms with Gasteiger partial charge in [0.25, 0.3) is 5.91 Å². The van der Waals surface area contributed by atoms with Crippen molar-refractivity contribution in [2.75, 3.05) is 30.3 Å². The molecule has 9 heteroatoms. The number of aromatic nitrogens is 2. The molecule has 3 aromatic rings. The third kappa shape index (κ3) is 4.95. The van der Waals surface area contributed by atoms with Gasteiger partial charge >= 0.3 is 0 Å². The van der Waals surface area contributed by atoms with Gasteiger partial charge in [0.2, 0.25) is 10.0 Å². The van der Waals surface area contributed by atoms with E-state index < -0.39 is 10.0 Å². The second-order valence-electron chi connectivity index (χ2n) is 6.78. The fraction of sp³-hybridized carbons (Fsp3) is 0.273. The first-order chi connectivity index (χ1) is 14.9. The summed E-state index contributed by atoms with van der Waals surface area (Å²) in [4.78, 5) is 13.0. The van der Waals surface area contributed by atoms with E-state index in [1.807, 2.05) is 19.2 Å². The minimum Gasteiger partial charge on any atom is -0.384 e. The van der Waals surface area contributed by atoms with E-state index in [0.29, 0.717) is 36.6 Å². The largest absolute Gasteiger partial charge is 0.384 e. The highest BCUT2D eigenvalue weighted by Gasteiger charge is 2.23. The van der Waals surface area contributed by atoms with Gasteiger partial charge in [-0.05, 0) is 55.5 Å². The predicted molar refractivity (Wildman–Crippen MR) is 122 cm³/mol. The lowest BCUT2D eigenvalue weighted by molar-refractivity contribution is 0.102. The van der Waals surface area contributed by atoms with Crippen molar-refractivity contribution in [1.82, 2.24) is 14.1 Å². The van der Waals surface area contributed by atoms with E-state index in [1.165, 1.54) is 10.4 Å². The van der Waals surface area contributed by atoms with Crippen LogP contribution in [0.5, 0.6) is 0 Å². The van der Waals surface area contributed by atoms with Crippen LogP contribution in [0.3, 0.4) is 0 Å². The summed E-state index contributed by atoms with van der Waals surface area (Å²) in [7, 11) is -3.64. The van der Waals surface area contributed by atoms with E-state index in [2.05, 4.69) is 15.7 Å². The number of rotatable bonds is 9. The predicted octanol–water partition coefficient (Wildman–Crippen LogP) is 3.59. The van der Waals surface area contributed by atoms with Crippen molar-refractivity contribution < 1.29 is 13.2 Å². The normalized spacial score (nSPS) is 11.5. The molecule has 0 aliphatic carbocycles. The highest BCUT2D eigenvalue weighted by atomic mass is 32.2. The molecule has 164 valence electrons. The maximum absolute atomic E-state index is 12.9. The lowest BCUT2D eigenvalue weighted by Gasteiger charge is -2.20. The summed E-state index contributed by atoms with van der Waals surface area (Å²) < 4.78 is 28.9. The molecule has 0 radical (unpaired) electrons. The van der Waals surface area contributed by atoms with Crippen molar-refractivity contribution >= 4 is 27.3 Å². The standard InChI is InChI=1S/C22H27N5O3S/c1-4-23-20-13-12-19(31(29,30)26(5-2)6-3)16-21(20)25-22(28)17-8-10-18(11-9-17)27-15-7-14-24-27/h7-16,23H,4-6H2,1-3H3,(H,25,28). The van der Waals surface area contributed by atoms with Crippen LogP contribution >= 0.6 is 0 Å². The Morgan fingerprint density at radius 3 is 2.32 bits per heavy atom. The highest BCUT2D eigenvalue weighted by molar-refractivity contribution is 7.89. The number of nitrogens with one attached hydrogen (secondary N) is 2. The lowest BCUT2D eigenvalue weighted by atomic mass is 10.2. The molecule has 0 bridgehead atoms. The zero-order valence-corrected chi connectivity index (χ0v) is 18.7. The number of carbonyl (C=O) groups excluding carboxylic acids is 1. The number of sulfonamides is 1. The van der Waals surface area contributed by atoms with E-state index in [-0.39, 0.29) is 10.8 Å². The minimum atomic E-state index is -3.64. The molecule has 31 heavy (non-hydrogen) atoms. The maximum Gasteiger partial charge on any atom is 0.255 e. The summed E-state index contributed by atoms with van der Waals surface area (Å²) in [6.07, 6.45) is 3.50. The van der Waals surface area contributed by atoms with Crippen LogP contribution in [0.1, 0.15) is 31.1 Å². The van der Waals surface area contributed by atoms with Crippen LogP contribution in [-0.2, 0) is 10.0 Å². The molecular formula is C22H27N5O3S. The van der Waals surface area contributed by atoms with Gasteiger partial charge in [-0.2, -0.15) is 9.40 Å². The third-order valence-corrected chi connectivity index (χ3v) is 6.89. The van der Waals surface area contributed by atoms with Crippen molar-refractivity contribution in [3.8, 4) is 5.69 Å². The molecule has 0 aliphatic rings. The molecule has 3 rings (SSSR count). The molecule has 0 atom stereocenters. The first-order valence-corrected chi connectivity index (χ1v) is 11.6. The molecule has 0 saturated heterocycles. The van der Waals surface area contributed by atoms with Gasteiger partial charge in [-0.3, -0.25) is 4.79 Å². The smallest absolute Gasteiger partial charge is 0.255 e. The molecular weight excluding hydrogens is 414 g/mol. The average molecular weight is 442 g/mol. The number of hydrogen-bond acceptors (Lipinski definition) is 5. The maximum atomic E-state index is 12.9. The van der Waals surface area contributed by atoms with Gasteiger partial charge in [0.15, 0.2) is 0 Å². The van der Waals surface area contributed by atoms with Crippen LogP contribution in [-0.4, -0.2) is 48.0 Å². The van der Waals surface area contributed by atoms with Crippen LogP contribution in [0, 0.1) is 0 Å². The van der Waals surface area contributed by atoms with Gasteiger partial charge in [-0.1, -0.05) is 13.8 Å². The topological polar surface area (TPSA) is 96.3 Å². The molecule has 8 nitrogen and oxygen atoms in total. The Morgan fingerprint density at radius 2 is 1.74 bits per heavy atom. The summed E-state index contributed by atoms with van der Waals surface area (Å²) in [5.41, 5.74) is 2.36. The second-order valence-corrected chi connectivity index (χ2v) is 8.72. The molecule has 0 spiro atoms. The summed E-state index contributed by atoms with van der Waals surface area (Å²) in [5.74, 6) is -0.330. The first-order valence-electron chi connectivity index (χ1n) is 10.2. The summed E-state index contributed by atoms with van der Waals surface area (Å²) in [6, 6.07) is 13.6. The molecule has 0 unspecified atom stereocenters. The molecule has 1 aromatic heterocycles. The van der Waals surface area contributed by atoms with Gasteiger partial charge < -0.3 is 10.6 Å². The zero-order valence-electron chi connectivity index (χ0n) is 17.9. The number of benzene rings is 2. The summed E-state index contributed by atoms with van der Waals surface area (Å²) in [5, 5.41) is 10.2. The van der Waals surface area contributed by atoms with Crippen molar-refractivity contribution in [2.24, 2.45) is 0 Å². The van der Waals surface area contributed by atoms with Crippen LogP contribution in [0.4, 0.5) is 11.4 Å². The Labute approximate surface area is 182 Å². The molecule has 0 aliphatic heterocycles. The van der Waals surface area contributed by atoms with Crippen molar-refractivity contribution in [1.29, 1.82) is 0 Å². The third-order valence-electron chi connectivity index (χ3n) is 4.85. The Kier molecular flexibility index (Phi) is 7.09. The monoisotopic (exact) mass is 441 g/mol. The van der Waals surface area contributed by atoms with E-state index in [1.54, 1.807) is 61.1 Å². The van der Waals surface area contributed by atoms with Crippen molar-refractivity contribution in [3.05, 3.63) is 66.5 Å². The number of amides is 1. The quantitative estimate of drug-likeness (QED) is 0.529. The molecule has 0 fully saturated rings. The number of hydrogen-bond donors (Lipinski definition) is 2. The van der Waals surface area contributed by atoms with Gasteiger partial charge in [0.1, 0.15) is 0 Å². The van der Waals surface area contributed by atoms with Crippen LogP contribution in [0.15, 0.2) is 65.8 Å². The van der Waals surface area contributed by atoms with Crippen molar-refractivity contribution in [2.45, 2.75) is 25.7 Å². The Morgan fingerprint density at radius 1 is 1.03 bits per heavy atom. The average Bonchev–Trinajstić information content (AvgIpc) is 3.31. The number of anilines is 2. The highest BCUT2D eigenvalue weighted by Crippen LogP contribution is 2.28. The van der Waals surface area contributed by atoms with Crippen molar-refractivity contribution in [3.63, 3.8) is 0 Å². The molecule has 2 aromatic carbocycles. The van der Waals surface area contributed by atoms with Gasteiger partial charge in [0, 0.05) is 37.6 Å². The fourth-order valence-electron chi connectivity index (χ4n) is 3.23. The molecule has 1 amide bonds. The summed E-state index contributed by atoms with van der Waals surface area (Å²) in [6.45, 7) is 6.90. The minimum absolute atomic E-state index is 0.141. The molecule has 2 N–H and O–H groups in total. The summed E-state index contributed by atoms with van der Waals surface area (Å²) >= 11 is 0. The van der Waals surface area contributed by atoms with E-state index in [4.69, 9.17) is 0 Å². The van der Waals surface area contributed by atoms with E-state index in [0.717, 1.165) is 5.69 Å². The number of nitrogens with zero attached hydrogens (tertiary/aromatic N) is 3. The SMILES string of the molecule is CCNc1ccc(S(=O)(=O)N(CC)CC)cc1NC(=O)c1ccc(-n2cccn2)cc1. The van der Waals surface area contributed by atoms with Gasteiger partial charge in [-0.15, -0.1) is 0 Å². The first kappa shape index (κ1) is 22.5. The van der Waals surface area contributed by atoms with E-state index >= 15 is 0 Å². The zero-order chi connectivity index (χ0) is 22.4. The molecule has 1 heterocycles. The van der Waals surface area contributed by atoms with Crippen LogP contribution < -0.4 is 10.6 Å². The van der Waals surface area contributed by atoms with E-state index in [9.17, 15) is 13.2 Å². The van der Waals surface area contributed by atoms with Crippen LogP contribution in [0.25, 0.3) is 5.69 Å². The Balaban J connectivity index is 1.89. The fourth-order valence-corrected chi connectivity index (χ4v) is 4.71. The van der Waals surface area contributed by atoms with Gasteiger partial charge in [-0.25, -0.2) is 13.1 Å². The lowest BCUT2D eigenvalue weighted by Crippen LogP contribution is -2.30. The molecule has 0 saturated carbocycles. The number of carbonyl (C=O) groups is 1. The Bertz CT molecular complexity index is 1120. The van der Waals surface area contributed by atoms with Crippen LogP contribution in [0.2, 0.25) is 0 Å². The second kappa shape index (κ2) is 9.76.